The zero-order valence-electron chi connectivity index (χ0n) is 16.2. The molecule has 0 radical (unpaired) electrons. The lowest BCUT2D eigenvalue weighted by Crippen LogP contribution is -2.38. The SMILES string of the molecule is CCNC(=NCc1csc(CC)n1)NCCC(C)c1ccc(OC)cc1. The van der Waals surface area contributed by atoms with Crippen molar-refractivity contribution in [2.45, 2.75) is 46.1 Å². The standard InChI is InChI=1S/C20H30N4OS/c1-5-19-24-17(14-26-19)13-23-20(21-6-2)22-12-11-15(3)16-7-9-18(25-4)10-8-16/h7-10,14-15H,5-6,11-13H2,1-4H3,(H2,21,22,23). The molecule has 6 heteroatoms. The summed E-state index contributed by atoms with van der Waals surface area (Å²) in [7, 11) is 1.69. The van der Waals surface area contributed by atoms with E-state index in [1.807, 2.05) is 12.1 Å². The predicted octanol–water partition coefficient (Wildman–Crippen LogP) is 3.96. The average Bonchev–Trinajstić information content (AvgIpc) is 3.14. The smallest absolute Gasteiger partial charge is 0.191 e. The van der Waals surface area contributed by atoms with Crippen LogP contribution in [0.1, 0.15) is 49.4 Å². The number of hydrogen-bond acceptors (Lipinski definition) is 4. The van der Waals surface area contributed by atoms with Crippen molar-refractivity contribution in [1.82, 2.24) is 15.6 Å². The highest BCUT2D eigenvalue weighted by atomic mass is 32.1. The van der Waals surface area contributed by atoms with Gasteiger partial charge in [0.25, 0.3) is 0 Å². The first-order valence-corrected chi connectivity index (χ1v) is 10.1. The second-order valence-electron chi connectivity index (χ2n) is 6.17. The van der Waals surface area contributed by atoms with Gasteiger partial charge in [0.1, 0.15) is 5.75 Å². The number of nitrogens with zero attached hydrogens (tertiary/aromatic N) is 2. The van der Waals surface area contributed by atoms with Gasteiger partial charge < -0.3 is 15.4 Å². The Morgan fingerprint density at radius 1 is 1.23 bits per heavy atom. The normalized spacial score (nSPS) is 12.7. The van der Waals surface area contributed by atoms with Crippen LogP contribution in [0.4, 0.5) is 0 Å². The van der Waals surface area contributed by atoms with Gasteiger partial charge in [0.15, 0.2) is 5.96 Å². The lowest BCUT2D eigenvalue weighted by atomic mass is 9.98. The first-order valence-electron chi connectivity index (χ1n) is 9.25. The van der Waals surface area contributed by atoms with Crippen molar-refractivity contribution in [3.8, 4) is 5.75 Å². The predicted molar refractivity (Wildman–Crippen MR) is 110 cm³/mol. The molecule has 2 rings (SSSR count). The largest absolute Gasteiger partial charge is 0.497 e. The van der Waals surface area contributed by atoms with E-state index in [1.54, 1.807) is 18.4 Å². The first-order chi connectivity index (χ1) is 12.7. The summed E-state index contributed by atoms with van der Waals surface area (Å²) in [6.45, 7) is 8.78. The van der Waals surface area contributed by atoms with Crippen molar-refractivity contribution in [3.63, 3.8) is 0 Å². The quantitative estimate of drug-likeness (QED) is 0.515. The highest BCUT2D eigenvalue weighted by Crippen LogP contribution is 2.21. The van der Waals surface area contributed by atoms with E-state index in [-0.39, 0.29) is 0 Å². The summed E-state index contributed by atoms with van der Waals surface area (Å²) in [5, 5.41) is 9.99. The number of guanidine groups is 1. The number of nitrogens with one attached hydrogen (secondary N) is 2. The summed E-state index contributed by atoms with van der Waals surface area (Å²) in [6.07, 6.45) is 2.02. The van der Waals surface area contributed by atoms with Gasteiger partial charge in [0.05, 0.1) is 24.4 Å². The van der Waals surface area contributed by atoms with Crippen molar-refractivity contribution >= 4 is 17.3 Å². The number of ether oxygens (including phenoxy) is 1. The van der Waals surface area contributed by atoms with E-state index in [0.29, 0.717) is 12.5 Å². The second-order valence-corrected chi connectivity index (χ2v) is 7.11. The third kappa shape index (κ3) is 6.33. The third-order valence-electron chi connectivity index (χ3n) is 4.20. The Labute approximate surface area is 160 Å². The minimum atomic E-state index is 0.474. The maximum atomic E-state index is 5.22. The summed E-state index contributed by atoms with van der Waals surface area (Å²) < 4.78 is 5.22. The molecule has 0 bridgehead atoms. The Hall–Kier alpha value is -2.08. The first kappa shape index (κ1) is 20.2. The molecular weight excluding hydrogens is 344 g/mol. The summed E-state index contributed by atoms with van der Waals surface area (Å²) in [5.74, 6) is 2.22. The number of hydrogen-bond donors (Lipinski definition) is 2. The Kier molecular flexibility index (Phi) is 8.41. The van der Waals surface area contributed by atoms with E-state index in [9.17, 15) is 0 Å². The van der Waals surface area contributed by atoms with Crippen LogP contribution >= 0.6 is 11.3 Å². The number of aliphatic imine (C=N–C) groups is 1. The Morgan fingerprint density at radius 3 is 2.62 bits per heavy atom. The minimum Gasteiger partial charge on any atom is -0.497 e. The molecule has 0 spiro atoms. The van der Waals surface area contributed by atoms with Gasteiger partial charge in [-0.25, -0.2) is 9.98 Å². The zero-order valence-corrected chi connectivity index (χ0v) is 17.0. The maximum Gasteiger partial charge on any atom is 0.191 e. The van der Waals surface area contributed by atoms with Crippen LogP contribution in [0.25, 0.3) is 0 Å². The lowest BCUT2D eigenvalue weighted by molar-refractivity contribution is 0.414. The van der Waals surface area contributed by atoms with E-state index in [1.165, 1.54) is 10.6 Å². The molecule has 1 heterocycles. The van der Waals surface area contributed by atoms with Crippen molar-refractivity contribution in [2.75, 3.05) is 20.2 Å². The van der Waals surface area contributed by atoms with Crippen LogP contribution in [0.2, 0.25) is 0 Å². The Morgan fingerprint density at radius 2 is 2.00 bits per heavy atom. The summed E-state index contributed by atoms with van der Waals surface area (Å²) in [6, 6.07) is 8.30. The van der Waals surface area contributed by atoms with Crippen LogP contribution in [-0.2, 0) is 13.0 Å². The fraction of sp³-hybridized carbons (Fsp3) is 0.500. The van der Waals surface area contributed by atoms with E-state index in [4.69, 9.17) is 4.74 Å². The number of aromatic nitrogens is 1. The van der Waals surface area contributed by atoms with Gasteiger partial charge in [-0.15, -0.1) is 11.3 Å². The molecule has 0 fully saturated rings. The third-order valence-corrected chi connectivity index (χ3v) is 5.24. The fourth-order valence-electron chi connectivity index (χ4n) is 2.59. The van der Waals surface area contributed by atoms with Crippen LogP contribution in [-0.4, -0.2) is 31.1 Å². The molecule has 0 amide bonds. The summed E-state index contributed by atoms with van der Waals surface area (Å²) >= 11 is 1.71. The van der Waals surface area contributed by atoms with E-state index in [0.717, 1.165) is 43.3 Å². The van der Waals surface area contributed by atoms with Crippen LogP contribution in [0.15, 0.2) is 34.6 Å². The highest BCUT2D eigenvalue weighted by molar-refractivity contribution is 7.09. The molecule has 2 aromatic rings. The van der Waals surface area contributed by atoms with Gasteiger partial charge in [-0.05, 0) is 43.4 Å². The molecule has 26 heavy (non-hydrogen) atoms. The molecule has 0 saturated carbocycles. The molecule has 2 N–H and O–H groups in total. The summed E-state index contributed by atoms with van der Waals surface area (Å²) in [5.41, 5.74) is 2.36. The Bertz CT molecular complexity index is 681. The van der Waals surface area contributed by atoms with Crippen molar-refractivity contribution < 1.29 is 4.74 Å². The number of thiazole rings is 1. The topological polar surface area (TPSA) is 58.5 Å². The molecular formula is C20H30N4OS. The van der Waals surface area contributed by atoms with Crippen LogP contribution < -0.4 is 15.4 Å². The maximum absolute atomic E-state index is 5.22. The number of methoxy groups -OCH3 is 1. The van der Waals surface area contributed by atoms with E-state index < -0.39 is 0 Å². The van der Waals surface area contributed by atoms with Crippen LogP contribution in [0.5, 0.6) is 5.75 Å². The number of benzene rings is 1. The van der Waals surface area contributed by atoms with Gasteiger partial charge in [-0.3, -0.25) is 0 Å². The number of aryl methyl sites for hydroxylation is 1. The van der Waals surface area contributed by atoms with Gasteiger partial charge in [0.2, 0.25) is 0 Å². The zero-order chi connectivity index (χ0) is 18.8. The molecule has 142 valence electrons. The average molecular weight is 375 g/mol. The molecule has 0 aliphatic carbocycles. The molecule has 1 aromatic carbocycles. The molecule has 1 unspecified atom stereocenters. The Balaban J connectivity index is 1.83. The van der Waals surface area contributed by atoms with E-state index >= 15 is 0 Å². The lowest BCUT2D eigenvalue weighted by Gasteiger charge is -2.15. The fourth-order valence-corrected chi connectivity index (χ4v) is 3.33. The minimum absolute atomic E-state index is 0.474. The van der Waals surface area contributed by atoms with Gasteiger partial charge in [0, 0.05) is 18.5 Å². The van der Waals surface area contributed by atoms with Gasteiger partial charge in [-0.2, -0.15) is 0 Å². The van der Waals surface area contributed by atoms with Crippen molar-refractivity contribution in [2.24, 2.45) is 4.99 Å². The molecule has 5 nitrogen and oxygen atoms in total. The van der Waals surface area contributed by atoms with Crippen LogP contribution in [0, 0.1) is 0 Å². The van der Waals surface area contributed by atoms with Crippen LogP contribution in [0.3, 0.4) is 0 Å². The highest BCUT2D eigenvalue weighted by Gasteiger charge is 2.07. The molecule has 0 aliphatic heterocycles. The molecule has 1 aromatic heterocycles. The molecule has 0 aliphatic rings. The van der Waals surface area contributed by atoms with Gasteiger partial charge >= 0.3 is 0 Å². The number of rotatable bonds is 9. The van der Waals surface area contributed by atoms with E-state index in [2.05, 4.69) is 58.9 Å². The monoisotopic (exact) mass is 374 g/mol. The molecule has 0 saturated heterocycles. The van der Waals surface area contributed by atoms with Crippen molar-refractivity contribution in [3.05, 3.63) is 45.9 Å². The van der Waals surface area contributed by atoms with Gasteiger partial charge in [-0.1, -0.05) is 26.0 Å². The molecule has 1 atom stereocenters. The summed E-state index contributed by atoms with van der Waals surface area (Å²) in [4.78, 5) is 9.21. The second kappa shape index (κ2) is 10.8. The van der Waals surface area contributed by atoms with Crippen molar-refractivity contribution in [1.29, 1.82) is 0 Å².